The van der Waals surface area contributed by atoms with Gasteiger partial charge in [0, 0.05) is 12.8 Å². The number of carboxylic acid groups (broad SMARTS) is 1. The Bertz CT molecular complexity index is 589. The second-order valence-corrected chi connectivity index (χ2v) is 5.31. The molecule has 24 heavy (non-hydrogen) atoms. The summed E-state index contributed by atoms with van der Waals surface area (Å²) in [4.78, 5) is 22.6. The van der Waals surface area contributed by atoms with Crippen molar-refractivity contribution in [2.24, 2.45) is 0 Å². The molecular formula is C15H16F5NO3. The number of aliphatic carboxylic acids is 1. The molecule has 1 aromatic rings. The van der Waals surface area contributed by atoms with Crippen LogP contribution in [0.15, 0.2) is 24.3 Å². The minimum Gasteiger partial charge on any atom is -0.480 e. The summed E-state index contributed by atoms with van der Waals surface area (Å²) in [6, 6.07) is 2.64. The van der Waals surface area contributed by atoms with E-state index in [-0.39, 0.29) is 12.0 Å². The molecule has 2 atom stereocenters. The molecule has 1 amide bonds. The second kappa shape index (κ2) is 8.07. The summed E-state index contributed by atoms with van der Waals surface area (Å²) in [7, 11) is 0. The summed E-state index contributed by atoms with van der Waals surface area (Å²) in [6.07, 6.45) is -8.80. The van der Waals surface area contributed by atoms with E-state index in [0.717, 1.165) is 12.1 Å². The van der Waals surface area contributed by atoms with Gasteiger partial charge in [0.2, 0.25) is 12.3 Å². The van der Waals surface area contributed by atoms with Crippen molar-refractivity contribution in [3.05, 3.63) is 35.4 Å². The molecule has 0 aliphatic heterocycles. The van der Waals surface area contributed by atoms with Crippen LogP contribution >= 0.6 is 0 Å². The van der Waals surface area contributed by atoms with Crippen LogP contribution in [0.1, 0.15) is 36.8 Å². The monoisotopic (exact) mass is 353 g/mol. The third-order valence-corrected chi connectivity index (χ3v) is 3.32. The van der Waals surface area contributed by atoms with Crippen LogP contribution in [0.4, 0.5) is 22.0 Å². The second-order valence-electron chi connectivity index (χ2n) is 5.31. The first-order valence-electron chi connectivity index (χ1n) is 6.98. The van der Waals surface area contributed by atoms with Crippen LogP contribution in [0, 0.1) is 0 Å². The van der Waals surface area contributed by atoms with E-state index < -0.39 is 48.4 Å². The summed E-state index contributed by atoms with van der Waals surface area (Å²) in [5, 5.41) is 10.7. The first-order valence-corrected chi connectivity index (χ1v) is 6.98. The Hall–Kier alpha value is -2.19. The summed E-state index contributed by atoms with van der Waals surface area (Å²) in [5.41, 5.74) is -0.630. The molecule has 0 aliphatic carbocycles. The van der Waals surface area contributed by atoms with Crippen LogP contribution in [0.3, 0.4) is 0 Å². The van der Waals surface area contributed by atoms with E-state index in [1.165, 1.54) is 19.1 Å². The fourth-order valence-electron chi connectivity index (χ4n) is 2.07. The minimum absolute atomic E-state index is 0.237. The molecule has 0 heterocycles. The molecule has 0 aliphatic rings. The van der Waals surface area contributed by atoms with Gasteiger partial charge in [0.15, 0.2) is 0 Å². The quantitative estimate of drug-likeness (QED) is 0.738. The number of rotatable bonds is 7. The maximum atomic E-state index is 12.7. The lowest BCUT2D eigenvalue weighted by molar-refractivity contribution is -0.143. The standard InChI is InChI=1S/C15H16F5NO3/c1-8(9-3-2-4-10(6-9)15(18,19)20)5-13(22)21-11(14(23)24)7-12(16)17/h2-4,6,8,11-12H,5,7H2,1H3,(H,21,22)(H,23,24). The smallest absolute Gasteiger partial charge is 0.416 e. The fraction of sp³-hybridized carbons (Fsp3) is 0.467. The third-order valence-electron chi connectivity index (χ3n) is 3.32. The SMILES string of the molecule is CC(CC(=O)NC(CC(F)F)C(=O)O)c1cccc(C(F)(F)F)c1. The molecule has 1 aromatic carbocycles. The van der Waals surface area contributed by atoms with Gasteiger partial charge < -0.3 is 10.4 Å². The van der Waals surface area contributed by atoms with E-state index in [4.69, 9.17) is 5.11 Å². The Labute approximate surface area is 134 Å². The molecule has 134 valence electrons. The lowest BCUT2D eigenvalue weighted by atomic mass is 9.95. The maximum absolute atomic E-state index is 12.7. The van der Waals surface area contributed by atoms with Crippen molar-refractivity contribution in [3.8, 4) is 0 Å². The van der Waals surface area contributed by atoms with E-state index >= 15 is 0 Å². The molecule has 9 heteroatoms. The number of amides is 1. The average molecular weight is 353 g/mol. The zero-order valence-electron chi connectivity index (χ0n) is 12.6. The number of carbonyl (C=O) groups excluding carboxylic acids is 1. The van der Waals surface area contributed by atoms with Crippen molar-refractivity contribution >= 4 is 11.9 Å². The molecule has 0 saturated carbocycles. The number of benzene rings is 1. The van der Waals surface area contributed by atoms with Crippen molar-refractivity contribution in [2.45, 2.75) is 44.3 Å². The van der Waals surface area contributed by atoms with Gasteiger partial charge in [-0.3, -0.25) is 4.79 Å². The summed E-state index contributed by atoms with van der Waals surface area (Å²) >= 11 is 0. The van der Waals surface area contributed by atoms with Crippen LogP contribution in [0.5, 0.6) is 0 Å². The molecule has 0 radical (unpaired) electrons. The molecule has 1 rings (SSSR count). The number of alkyl halides is 5. The Morgan fingerprint density at radius 2 is 1.88 bits per heavy atom. The van der Waals surface area contributed by atoms with E-state index in [9.17, 15) is 31.5 Å². The van der Waals surface area contributed by atoms with Crippen LogP contribution < -0.4 is 5.32 Å². The maximum Gasteiger partial charge on any atom is 0.416 e. The molecule has 2 N–H and O–H groups in total. The Balaban J connectivity index is 2.75. The number of carbonyl (C=O) groups is 2. The van der Waals surface area contributed by atoms with Gasteiger partial charge in [-0.15, -0.1) is 0 Å². The highest BCUT2D eigenvalue weighted by molar-refractivity contribution is 5.83. The molecule has 0 aromatic heterocycles. The van der Waals surface area contributed by atoms with Crippen LogP contribution in [0.25, 0.3) is 0 Å². The van der Waals surface area contributed by atoms with Crippen molar-refractivity contribution in [2.75, 3.05) is 0 Å². The van der Waals surface area contributed by atoms with E-state index in [1.54, 1.807) is 0 Å². The molecule has 0 saturated heterocycles. The average Bonchev–Trinajstić information content (AvgIpc) is 2.45. The number of hydrogen-bond donors (Lipinski definition) is 2. The molecule has 2 unspecified atom stereocenters. The minimum atomic E-state index is -4.52. The van der Waals surface area contributed by atoms with E-state index in [1.807, 2.05) is 5.32 Å². The van der Waals surface area contributed by atoms with Gasteiger partial charge in [-0.2, -0.15) is 13.2 Å². The molecule has 4 nitrogen and oxygen atoms in total. The summed E-state index contributed by atoms with van der Waals surface area (Å²) < 4.78 is 62.5. The molecule has 0 fully saturated rings. The van der Waals surface area contributed by atoms with Crippen molar-refractivity contribution in [1.29, 1.82) is 0 Å². The number of halogens is 5. The van der Waals surface area contributed by atoms with Crippen molar-refractivity contribution in [3.63, 3.8) is 0 Å². The highest BCUT2D eigenvalue weighted by Crippen LogP contribution is 2.31. The van der Waals surface area contributed by atoms with Crippen molar-refractivity contribution < 1.29 is 36.6 Å². The molecule has 0 spiro atoms. The Morgan fingerprint density at radius 1 is 1.25 bits per heavy atom. The van der Waals surface area contributed by atoms with Crippen molar-refractivity contribution in [1.82, 2.24) is 5.32 Å². The van der Waals surface area contributed by atoms with Crippen LogP contribution in [-0.4, -0.2) is 29.5 Å². The van der Waals surface area contributed by atoms with Gasteiger partial charge in [-0.1, -0.05) is 25.1 Å². The van der Waals surface area contributed by atoms with Gasteiger partial charge >= 0.3 is 12.1 Å². The van der Waals surface area contributed by atoms with Crippen LogP contribution in [0.2, 0.25) is 0 Å². The van der Waals surface area contributed by atoms with Gasteiger partial charge in [0.05, 0.1) is 5.56 Å². The first kappa shape index (κ1) is 19.9. The summed E-state index contributed by atoms with van der Waals surface area (Å²) in [6.45, 7) is 1.48. The largest absolute Gasteiger partial charge is 0.480 e. The van der Waals surface area contributed by atoms with E-state index in [0.29, 0.717) is 0 Å². The zero-order chi connectivity index (χ0) is 18.5. The van der Waals surface area contributed by atoms with Gasteiger partial charge in [0.25, 0.3) is 0 Å². The lowest BCUT2D eigenvalue weighted by Crippen LogP contribution is -2.42. The summed E-state index contributed by atoms with van der Waals surface area (Å²) in [5.74, 6) is -3.07. The Kier molecular flexibility index (Phi) is 6.68. The lowest BCUT2D eigenvalue weighted by Gasteiger charge is -2.17. The van der Waals surface area contributed by atoms with Gasteiger partial charge in [-0.25, -0.2) is 13.6 Å². The predicted molar refractivity (Wildman–Crippen MR) is 74.7 cm³/mol. The predicted octanol–water partition coefficient (Wildman–Crippen LogP) is 3.42. The van der Waals surface area contributed by atoms with Gasteiger partial charge in [0.1, 0.15) is 6.04 Å². The fourth-order valence-corrected chi connectivity index (χ4v) is 2.07. The normalized spacial score (nSPS) is 14.3. The van der Waals surface area contributed by atoms with Crippen LogP contribution in [-0.2, 0) is 15.8 Å². The highest BCUT2D eigenvalue weighted by atomic mass is 19.4. The topological polar surface area (TPSA) is 66.4 Å². The molecular weight excluding hydrogens is 337 g/mol. The number of carboxylic acids is 1. The first-order chi connectivity index (χ1) is 11.0. The number of nitrogens with one attached hydrogen (secondary N) is 1. The Morgan fingerprint density at radius 3 is 2.38 bits per heavy atom. The third kappa shape index (κ3) is 6.13. The number of hydrogen-bond acceptors (Lipinski definition) is 2. The zero-order valence-corrected chi connectivity index (χ0v) is 12.6. The van der Waals surface area contributed by atoms with Gasteiger partial charge in [-0.05, 0) is 17.5 Å². The molecule has 0 bridgehead atoms. The highest BCUT2D eigenvalue weighted by Gasteiger charge is 2.31. The van der Waals surface area contributed by atoms with E-state index in [2.05, 4.69) is 0 Å².